The largest absolute Gasteiger partial charge is 0.384 e. The normalized spacial score (nSPS) is 16.0. The zero-order chi connectivity index (χ0) is 9.10. The lowest BCUT2D eigenvalue weighted by Crippen LogP contribution is -2.03. The molecule has 70 valence electrons. The van der Waals surface area contributed by atoms with Crippen molar-refractivity contribution in [2.24, 2.45) is 5.92 Å². The lowest BCUT2D eigenvalue weighted by Gasteiger charge is -2.01. The Balaban J connectivity index is 1.79. The zero-order valence-corrected chi connectivity index (χ0v) is 7.44. The molecule has 0 bridgehead atoms. The van der Waals surface area contributed by atoms with Gasteiger partial charge in [-0.1, -0.05) is 0 Å². The smallest absolute Gasteiger partial charge is 0.156 e. The van der Waals surface area contributed by atoms with Crippen molar-refractivity contribution in [3.05, 3.63) is 18.1 Å². The van der Waals surface area contributed by atoms with Gasteiger partial charge < -0.3 is 10.5 Å². The van der Waals surface area contributed by atoms with Gasteiger partial charge in [-0.25, -0.2) is 9.97 Å². The summed E-state index contributed by atoms with van der Waals surface area (Å²) in [5, 5.41) is 0. The fourth-order valence-electron chi connectivity index (χ4n) is 1.09. The fourth-order valence-corrected chi connectivity index (χ4v) is 1.09. The molecule has 0 saturated heterocycles. The summed E-state index contributed by atoms with van der Waals surface area (Å²) in [6.45, 7) is 1.31. The highest BCUT2D eigenvalue weighted by atomic mass is 16.5. The summed E-state index contributed by atoms with van der Waals surface area (Å²) in [4.78, 5) is 8.07. The Hall–Kier alpha value is -1.16. The fraction of sp³-hybridized carbons (Fsp3) is 0.556. The van der Waals surface area contributed by atoms with Crippen molar-refractivity contribution in [3.63, 3.8) is 0 Å². The molecule has 13 heavy (non-hydrogen) atoms. The molecule has 1 fully saturated rings. The number of nitrogens with zero attached hydrogens (tertiary/aromatic N) is 2. The van der Waals surface area contributed by atoms with Gasteiger partial charge in [-0.15, -0.1) is 0 Å². The van der Waals surface area contributed by atoms with E-state index in [1.807, 2.05) is 0 Å². The Bertz CT molecular complexity index is 286. The van der Waals surface area contributed by atoms with E-state index in [1.54, 1.807) is 12.3 Å². The Morgan fingerprint density at radius 1 is 1.54 bits per heavy atom. The molecule has 0 aromatic carbocycles. The van der Waals surface area contributed by atoms with Gasteiger partial charge in [0.25, 0.3) is 0 Å². The van der Waals surface area contributed by atoms with Crippen LogP contribution in [0.2, 0.25) is 0 Å². The monoisotopic (exact) mass is 179 g/mol. The summed E-state index contributed by atoms with van der Waals surface area (Å²) in [7, 11) is 0. The summed E-state index contributed by atoms with van der Waals surface area (Å²) < 4.78 is 5.42. The third-order valence-corrected chi connectivity index (χ3v) is 2.01. The number of anilines is 1. The molecule has 2 rings (SSSR count). The second-order valence-corrected chi connectivity index (χ2v) is 3.36. The summed E-state index contributed by atoms with van der Waals surface area (Å²) >= 11 is 0. The van der Waals surface area contributed by atoms with E-state index in [4.69, 9.17) is 10.5 Å². The lowest BCUT2D eigenvalue weighted by atomic mass is 10.5. The van der Waals surface area contributed by atoms with Crippen LogP contribution in [0.5, 0.6) is 0 Å². The van der Waals surface area contributed by atoms with Crippen molar-refractivity contribution in [1.82, 2.24) is 9.97 Å². The van der Waals surface area contributed by atoms with Crippen LogP contribution in [0.4, 0.5) is 5.82 Å². The third-order valence-electron chi connectivity index (χ3n) is 2.01. The highest BCUT2D eigenvalue weighted by molar-refractivity contribution is 5.24. The minimum atomic E-state index is 0.474. The minimum Gasteiger partial charge on any atom is -0.384 e. The minimum absolute atomic E-state index is 0.474. The van der Waals surface area contributed by atoms with Crippen molar-refractivity contribution in [1.29, 1.82) is 0 Å². The second kappa shape index (κ2) is 3.70. The maximum Gasteiger partial charge on any atom is 0.156 e. The van der Waals surface area contributed by atoms with Gasteiger partial charge in [0.1, 0.15) is 12.4 Å². The lowest BCUT2D eigenvalue weighted by molar-refractivity contribution is 0.106. The maximum atomic E-state index is 5.50. The molecule has 0 spiro atoms. The van der Waals surface area contributed by atoms with Crippen LogP contribution in [-0.4, -0.2) is 16.6 Å². The second-order valence-electron chi connectivity index (χ2n) is 3.36. The molecule has 2 N–H and O–H groups in total. The number of rotatable bonds is 4. The molecule has 1 aliphatic rings. The first-order valence-electron chi connectivity index (χ1n) is 4.50. The molecule has 1 saturated carbocycles. The highest BCUT2D eigenvalue weighted by Crippen LogP contribution is 2.28. The SMILES string of the molecule is Nc1ccnc(COCC2CC2)n1. The first-order valence-corrected chi connectivity index (χ1v) is 4.50. The average molecular weight is 179 g/mol. The molecular weight excluding hydrogens is 166 g/mol. The van der Waals surface area contributed by atoms with Crippen molar-refractivity contribution in [3.8, 4) is 0 Å². The number of hydrogen-bond donors (Lipinski definition) is 1. The highest BCUT2D eigenvalue weighted by Gasteiger charge is 2.21. The molecule has 0 amide bonds. The van der Waals surface area contributed by atoms with Crippen molar-refractivity contribution >= 4 is 5.82 Å². The van der Waals surface area contributed by atoms with Gasteiger partial charge in [0.05, 0.1) is 0 Å². The van der Waals surface area contributed by atoms with Crippen LogP contribution in [0.1, 0.15) is 18.7 Å². The van der Waals surface area contributed by atoms with Crippen LogP contribution in [0.15, 0.2) is 12.3 Å². The standard InChI is InChI=1S/C9H13N3O/c10-8-3-4-11-9(12-8)6-13-5-7-1-2-7/h3-4,7H,1-2,5-6H2,(H2,10,11,12). The van der Waals surface area contributed by atoms with Gasteiger partial charge in [0.15, 0.2) is 5.82 Å². The average Bonchev–Trinajstić information content (AvgIpc) is 2.88. The number of nitrogens with two attached hydrogens (primary N) is 1. The summed E-state index contributed by atoms with van der Waals surface area (Å²) in [6, 6.07) is 1.67. The molecule has 1 aromatic heterocycles. The van der Waals surface area contributed by atoms with E-state index in [0.717, 1.165) is 12.5 Å². The molecule has 4 nitrogen and oxygen atoms in total. The predicted molar refractivity (Wildman–Crippen MR) is 48.8 cm³/mol. The van der Waals surface area contributed by atoms with Gasteiger partial charge in [0, 0.05) is 12.8 Å². The number of hydrogen-bond acceptors (Lipinski definition) is 4. The molecule has 0 radical (unpaired) electrons. The Labute approximate surface area is 77.1 Å². The molecule has 0 aliphatic heterocycles. The Morgan fingerprint density at radius 3 is 3.08 bits per heavy atom. The van der Waals surface area contributed by atoms with Crippen molar-refractivity contribution in [2.45, 2.75) is 19.4 Å². The van der Waals surface area contributed by atoms with Gasteiger partial charge in [0.2, 0.25) is 0 Å². The van der Waals surface area contributed by atoms with Gasteiger partial charge in [-0.05, 0) is 24.8 Å². The van der Waals surface area contributed by atoms with Crippen molar-refractivity contribution < 1.29 is 4.74 Å². The summed E-state index contributed by atoms with van der Waals surface area (Å²) in [5.74, 6) is 1.95. The van der Waals surface area contributed by atoms with E-state index in [0.29, 0.717) is 18.2 Å². The van der Waals surface area contributed by atoms with E-state index < -0.39 is 0 Å². The first kappa shape index (κ1) is 8.44. The molecule has 0 unspecified atom stereocenters. The predicted octanol–water partition coefficient (Wildman–Crippen LogP) is 0.985. The molecule has 4 heteroatoms. The topological polar surface area (TPSA) is 61.0 Å². The van der Waals surface area contributed by atoms with Crippen LogP contribution in [0.3, 0.4) is 0 Å². The van der Waals surface area contributed by atoms with E-state index in [9.17, 15) is 0 Å². The van der Waals surface area contributed by atoms with E-state index in [1.165, 1.54) is 12.8 Å². The Morgan fingerprint density at radius 2 is 2.38 bits per heavy atom. The molecule has 1 heterocycles. The Kier molecular flexibility index (Phi) is 2.40. The quantitative estimate of drug-likeness (QED) is 0.748. The summed E-state index contributed by atoms with van der Waals surface area (Å²) in [5.41, 5.74) is 5.50. The van der Waals surface area contributed by atoms with Crippen LogP contribution < -0.4 is 5.73 Å². The number of aromatic nitrogens is 2. The van der Waals surface area contributed by atoms with Crippen LogP contribution >= 0.6 is 0 Å². The van der Waals surface area contributed by atoms with Crippen LogP contribution in [-0.2, 0) is 11.3 Å². The van der Waals surface area contributed by atoms with Crippen LogP contribution in [0, 0.1) is 5.92 Å². The van der Waals surface area contributed by atoms with Crippen LogP contribution in [0.25, 0.3) is 0 Å². The number of ether oxygens (including phenoxy) is 1. The molecular formula is C9H13N3O. The number of nitrogen functional groups attached to an aromatic ring is 1. The van der Waals surface area contributed by atoms with Gasteiger partial charge in [-0.3, -0.25) is 0 Å². The summed E-state index contributed by atoms with van der Waals surface area (Å²) in [6.07, 6.45) is 4.26. The van der Waals surface area contributed by atoms with Crippen molar-refractivity contribution in [2.75, 3.05) is 12.3 Å². The van der Waals surface area contributed by atoms with E-state index >= 15 is 0 Å². The first-order chi connectivity index (χ1) is 6.34. The van der Waals surface area contributed by atoms with E-state index in [-0.39, 0.29) is 0 Å². The van der Waals surface area contributed by atoms with Gasteiger partial charge >= 0.3 is 0 Å². The van der Waals surface area contributed by atoms with Gasteiger partial charge in [-0.2, -0.15) is 0 Å². The third kappa shape index (κ3) is 2.66. The zero-order valence-electron chi connectivity index (χ0n) is 7.44. The van der Waals surface area contributed by atoms with E-state index in [2.05, 4.69) is 9.97 Å². The molecule has 1 aromatic rings. The molecule has 1 aliphatic carbocycles. The molecule has 0 atom stereocenters. The maximum absolute atomic E-state index is 5.50.